The van der Waals surface area contributed by atoms with Crippen LogP contribution in [0.5, 0.6) is 0 Å². The lowest BCUT2D eigenvalue weighted by Crippen LogP contribution is -2.04. The lowest BCUT2D eigenvalue weighted by molar-refractivity contribution is 0.103. The molecule has 94 valence electrons. The summed E-state index contributed by atoms with van der Waals surface area (Å²) < 4.78 is 0. The number of aromatic amines is 1. The second kappa shape index (κ2) is 4.68. The van der Waals surface area contributed by atoms with E-state index in [0.717, 1.165) is 10.9 Å². The highest BCUT2D eigenvalue weighted by Crippen LogP contribution is 2.28. The number of nitrogens with one attached hydrogen (secondary N) is 1. The summed E-state index contributed by atoms with van der Waals surface area (Å²) in [6, 6.07) is 12.4. The number of ketones is 1. The highest BCUT2D eigenvalue weighted by molar-refractivity contribution is 6.41. The van der Waals surface area contributed by atoms with Crippen molar-refractivity contribution in [2.75, 3.05) is 0 Å². The van der Waals surface area contributed by atoms with Gasteiger partial charge in [0.15, 0.2) is 0 Å². The summed E-state index contributed by atoms with van der Waals surface area (Å²) in [7, 11) is 0. The Balaban J connectivity index is 2.20. The average Bonchev–Trinajstić information content (AvgIpc) is 2.82. The first-order valence-corrected chi connectivity index (χ1v) is 6.36. The molecule has 0 amide bonds. The van der Waals surface area contributed by atoms with Crippen LogP contribution in [0.25, 0.3) is 10.9 Å². The summed E-state index contributed by atoms with van der Waals surface area (Å²) in [5.74, 6) is -0.284. The predicted molar refractivity (Wildman–Crippen MR) is 76.0 cm³/mol. The molecule has 5 heteroatoms. The Bertz CT molecular complexity index is 760. The highest BCUT2D eigenvalue weighted by Gasteiger charge is 2.20. The molecule has 0 fully saturated rings. The molecular formula is C14H8Cl2N2O. The molecule has 0 aliphatic heterocycles. The Morgan fingerprint density at radius 2 is 1.68 bits per heavy atom. The van der Waals surface area contributed by atoms with E-state index in [-0.39, 0.29) is 11.3 Å². The van der Waals surface area contributed by atoms with E-state index in [1.54, 1.807) is 18.2 Å². The van der Waals surface area contributed by atoms with Crippen LogP contribution in [0.2, 0.25) is 10.0 Å². The molecule has 3 nitrogen and oxygen atoms in total. The number of hydrogen-bond acceptors (Lipinski definition) is 2. The lowest BCUT2D eigenvalue weighted by Gasteiger charge is -2.03. The fourth-order valence-electron chi connectivity index (χ4n) is 1.97. The number of benzene rings is 2. The Morgan fingerprint density at radius 1 is 1.00 bits per heavy atom. The summed E-state index contributed by atoms with van der Waals surface area (Å²) in [6.45, 7) is 0. The monoisotopic (exact) mass is 290 g/mol. The molecule has 0 atom stereocenters. The van der Waals surface area contributed by atoms with Crippen molar-refractivity contribution in [3.63, 3.8) is 0 Å². The van der Waals surface area contributed by atoms with Crippen molar-refractivity contribution in [2.24, 2.45) is 0 Å². The molecule has 0 aliphatic rings. The van der Waals surface area contributed by atoms with Crippen molar-refractivity contribution in [1.82, 2.24) is 10.2 Å². The van der Waals surface area contributed by atoms with Crippen LogP contribution in [0.1, 0.15) is 16.1 Å². The summed E-state index contributed by atoms with van der Waals surface area (Å²) >= 11 is 12.1. The molecule has 0 saturated carbocycles. The molecule has 0 bridgehead atoms. The minimum Gasteiger partial charge on any atom is -0.287 e. The number of para-hydroxylation sites is 1. The Labute approximate surface area is 119 Å². The van der Waals surface area contributed by atoms with Crippen LogP contribution in [-0.2, 0) is 0 Å². The van der Waals surface area contributed by atoms with Crippen molar-refractivity contribution in [3.8, 4) is 0 Å². The van der Waals surface area contributed by atoms with E-state index in [2.05, 4.69) is 10.2 Å². The zero-order chi connectivity index (χ0) is 13.4. The lowest BCUT2D eigenvalue weighted by atomic mass is 10.1. The minimum absolute atomic E-state index is 0.281. The molecule has 1 aromatic heterocycles. The van der Waals surface area contributed by atoms with Gasteiger partial charge in [-0.3, -0.25) is 9.89 Å². The van der Waals surface area contributed by atoms with E-state index in [1.165, 1.54) is 0 Å². The molecule has 1 N–H and O–H groups in total. The van der Waals surface area contributed by atoms with Gasteiger partial charge in [0.05, 0.1) is 21.1 Å². The van der Waals surface area contributed by atoms with Crippen LogP contribution in [0.4, 0.5) is 0 Å². The van der Waals surface area contributed by atoms with Crippen molar-refractivity contribution < 1.29 is 4.79 Å². The van der Waals surface area contributed by atoms with E-state index in [1.807, 2.05) is 24.3 Å². The van der Waals surface area contributed by atoms with Gasteiger partial charge in [0.2, 0.25) is 5.78 Å². The topological polar surface area (TPSA) is 45.8 Å². The third-order valence-corrected chi connectivity index (χ3v) is 3.51. The van der Waals surface area contributed by atoms with Crippen LogP contribution in [0, 0.1) is 0 Å². The van der Waals surface area contributed by atoms with Crippen molar-refractivity contribution in [1.29, 1.82) is 0 Å². The quantitative estimate of drug-likeness (QED) is 0.722. The molecule has 3 rings (SSSR count). The van der Waals surface area contributed by atoms with E-state index in [0.29, 0.717) is 15.7 Å². The average molecular weight is 291 g/mol. The van der Waals surface area contributed by atoms with Gasteiger partial charge in [-0.1, -0.05) is 47.5 Å². The van der Waals surface area contributed by atoms with Gasteiger partial charge in [0.1, 0.15) is 5.69 Å². The molecule has 0 radical (unpaired) electrons. The number of carbonyl (C=O) groups excluding carboxylic acids is 1. The van der Waals surface area contributed by atoms with Gasteiger partial charge in [-0.05, 0) is 18.2 Å². The summed E-state index contributed by atoms with van der Waals surface area (Å²) in [4.78, 5) is 12.5. The summed E-state index contributed by atoms with van der Waals surface area (Å²) in [5, 5.41) is 8.28. The zero-order valence-corrected chi connectivity index (χ0v) is 11.2. The van der Waals surface area contributed by atoms with Crippen molar-refractivity contribution in [2.45, 2.75) is 0 Å². The number of aromatic nitrogens is 2. The van der Waals surface area contributed by atoms with Crippen molar-refractivity contribution >= 4 is 39.9 Å². The first-order valence-electron chi connectivity index (χ1n) is 5.60. The molecule has 0 aliphatic carbocycles. The Kier molecular flexibility index (Phi) is 3.01. The fraction of sp³-hybridized carbons (Fsp3) is 0. The number of carbonyl (C=O) groups is 1. The van der Waals surface area contributed by atoms with Gasteiger partial charge in [-0.15, -0.1) is 0 Å². The Hall–Kier alpha value is -1.84. The van der Waals surface area contributed by atoms with Crippen molar-refractivity contribution in [3.05, 3.63) is 63.8 Å². The van der Waals surface area contributed by atoms with E-state index >= 15 is 0 Å². The maximum atomic E-state index is 12.5. The van der Waals surface area contributed by atoms with Crippen LogP contribution in [0.3, 0.4) is 0 Å². The second-order valence-corrected chi connectivity index (χ2v) is 4.86. The number of fused-ring (bicyclic) bond motifs is 1. The molecule has 1 heterocycles. The number of hydrogen-bond donors (Lipinski definition) is 1. The fourth-order valence-corrected chi connectivity index (χ4v) is 2.54. The number of rotatable bonds is 2. The number of halogens is 2. The largest absolute Gasteiger partial charge is 0.287 e. The number of H-pyrrole nitrogens is 1. The van der Waals surface area contributed by atoms with E-state index < -0.39 is 0 Å². The van der Waals surface area contributed by atoms with Crippen LogP contribution < -0.4 is 0 Å². The first-order chi connectivity index (χ1) is 9.18. The van der Waals surface area contributed by atoms with Gasteiger partial charge in [-0.2, -0.15) is 5.10 Å². The molecule has 2 aromatic carbocycles. The maximum absolute atomic E-state index is 12.5. The standard InChI is InChI=1S/C14H8Cl2N2O/c15-9-5-3-6-10(16)12(9)14(19)13-8-4-1-2-7-11(8)17-18-13/h1-7H,(H,17,18). The van der Waals surface area contributed by atoms with Crippen LogP contribution in [0.15, 0.2) is 42.5 Å². The van der Waals surface area contributed by atoms with Gasteiger partial charge in [-0.25, -0.2) is 0 Å². The van der Waals surface area contributed by atoms with Gasteiger partial charge >= 0.3 is 0 Å². The zero-order valence-electron chi connectivity index (χ0n) is 9.65. The smallest absolute Gasteiger partial charge is 0.216 e. The summed E-state index contributed by atoms with van der Waals surface area (Å²) in [6.07, 6.45) is 0. The maximum Gasteiger partial charge on any atom is 0.216 e. The van der Waals surface area contributed by atoms with Crippen LogP contribution >= 0.6 is 23.2 Å². The number of nitrogens with zero attached hydrogens (tertiary/aromatic N) is 1. The minimum atomic E-state index is -0.284. The molecule has 0 spiro atoms. The van der Waals surface area contributed by atoms with Gasteiger partial charge in [0, 0.05) is 5.39 Å². The molecular weight excluding hydrogens is 283 g/mol. The van der Waals surface area contributed by atoms with Gasteiger partial charge < -0.3 is 0 Å². The Morgan fingerprint density at radius 3 is 2.42 bits per heavy atom. The third-order valence-electron chi connectivity index (χ3n) is 2.88. The SMILES string of the molecule is O=C(c1c(Cl)cccc1Cl)c1n[nH]c2ccccc12. The normalized spacial score (nSPS) is 10.8. The molecule has 0 unspecified atom stereocenters. The first kappa shape index (κ1) is 12.2. The van der Waals surface area contributed by atoms with E-state index in [9.17, 15) is 4.79 Å². The molecule has 0 saturated heterocycles. The highest BCUT2D eigenvalue weighted by atomic mass is 35.5. The van der Waals surface area contributed by atoms with Crippen LogP contribution in [-0.4, -0.2) is 16.0 Å². The third kappa shape index (κ3) is 2.01. The molecule has 19 heavy (non-hydrogen) atoms. The van der Waals surface area contributed by atoms with E-state index in [4.69, 9.17) is 23.2 Å². The predicted octanol–water partition coefficient (Wildman–Crippen LogP) is 4.10. The summed E-state index contributed by atoms with van der Waals surface area (Å²) in [5.41, 5.74) is 1.41. The second-order valence-electron chi connectivity index (χ2n) is 4.04. The van der Waals surface area contributed by atoms with Gasteiger partial charge in [0.25, 0.3) is 0 Å². The molecule has 3 aromatic rings.